The van der Waals surface area contributed by atoms with Crippen molar-refractivity contribution in [3.05, 3.63) is 0 Å². The maximum atomic E-state index is 4.99. The van der Waals surface area contributed by atoms with Crippen LogP contribution in [0, 0.1) is 0 Å². The van der Waals surface area contributed by atoms with Gasteiger partial charge < -0.3 is 15.4 Å². The van der Waals surface area contributed by atoms with E-state index in [9.17, 15) is 0 Å². The summed E-state index contributed by atoms with van der Waals surface area (Å²) < 4.78 is 4.86. The van der Waals surface area contributed by atoms with Crippen molar-refractivity contribution in [3.8, 4) is 0 Å². The van der Waals surface area contributed by atoms with Gasteiger partial charge in [-0.1, -0.05) is 0 Å². The van der Waals surface area contributed by atoms with Gasteiger partial charge in [-0.2, -0.15) is 11.8 Å². The Morgan fingerprint density at radius 3 is 2.67 bits per heavy atom. The van der Waals surface area contributed by atoms with Crippen molar-refractivity contribution in [3.63, 3.8) is 0 Å². The summed E-state index contributed by atoms with van der Waals surface area (Å²) in [6, 6.07) is 0. The Labute approximate surface area is 83.6 Å². The monoisotopic (exact) mass is 208 g/mol. The van der Waals surface area contributed by atoms with Crippen LogP contribution in [0.1, 0.15) is 0 Å². The minimum atomic E-state index is 0.685. The van der Waals surface area contributed by atoms with Gasteiger partial charge in [0.15, 0.2) is 5.11 Å². The van der Waals surface area contributed by atoms with Crippen molar-refractivity contribution in [2.75, 3.05) is 38.8 Å². The number of ether oxygens (including phenoxy) is 1. The number of nitrogens with one attached hydrogen (secondary N) is 2. The topological polar surface area (TPSA) is 33.3 Å². The molecule has 0 aromatic heterocycles. The molecule has 0 spiro atoms. The van der Waals surface area contributed by atoms with Gasteiger partial charge in [0.1, 0.15) is 0 Å². The molecule has 0 heterocycles. The third kappa shape index (κ3) is 8.10. The van der Waals surface area contributed by atoms with Crippen molar-refractivity contribution in [2.45, 2.75) is 0 Å². The van der Waals surface area contributed by atoms with Crippen LogP contribution in [0.15, 0.2) is 0 Å². The zero-order valence-electron chi connectivity index (χ0n) is 7.55. The van der Waals surface area contributed by atoms with Crippen molar-refractivity contribution in [1.29, 1.82) is 0 Å². The number of rotatable bonds is 6. The van der Waals surface area contributed by atoms with E-state index in [0.29, 0.717) is 11.7 Å². The smallest absolute Gasteiger partial charge is 0.166 e. The van der Waals surface area contributed by atoms with E-state index in [1.54, 1.807) is 18.9 Å². The third-order valence-electron chi connectivity index (χ3n) is 1.18. The van der Waals surface area contributed by atoms with Gasteiger partial charge in [0.25, 0.3) is 0 Å². The minimum absolute atomic E-state index is 0.685. The molecule has 0 aromatic rings. The van der Waals surface area contributed by atoms with E-state index in [-0.39, 0.29) is 0 Å². The predicted molar refractivity (Wildman–Crippen MR) is 58.9 cm³/mol. The number of hydrogen-bond acceptors (Lipinski definition) is 3. The van der Waals surface area contributed by atoms with Crippen molar-refractivity contribution >= 4 is 29.1 Å². The van der Waals surface area contributed by atoms with Crippen LogP contribution < -0.4 is 10.6 Å². The van der Waals surface area contributed by atoms with E-state index in [1.165, 1.54) is 0 Å². The largest absolute Gasteiger partial charge is 0.383 e. The summed E-state index contributed by atoms with van der Waals surface area (Å²) >= 11 is 6.79. The van der Waals surface area contributed by atoms with Crippen LogP contribution in [0.25, 0.3) is 0 Å². The summed E-state index contributed by atoms with van der Waals surface area (Å²) in [5.41, 5.74) is 0. The van der Waals surface area contributed by atoms with Crippen molar-refractivity contribution in [2.24, 2.45) is 0 Å². The zero-order valence-corrected chi connectivity index (χ0v) is 9.19. The third-order valence-corrected chi connectivity index (χ3v) is 2.08. The van der Waals surface area contributed by atoms with Crippen LogP contribution in [-0.4, -0.2) is 43.9 Å². The van der Waals surface area contributed by atoms with Crippen molar-refractivity contribution < 1.29 is 4.74 Å². The first-order valence-corrected chi connectivity index (χ1v) is 5.61. The molecule has 0 unspecified atom stereocenters. The molecule has 0 saturated heterocycles. The Morgan fingerprint density at radius 2 is 2.08 bits per heavy atom. The maximum absolute atomic E-state index is 4.99. The normalized spacial score (nSPS) is 9.50. The molecule has 0 atom stereocenters. The lowest BCUT2D eigenvalue weighted by Crippen LogP contribution is -2.37. The van der Waals surface area contributed by atoms with Gasteiger partial charge >= 0.3 is 0 Å². The lowest BCUT2D eigenvalue weighted by atomic mass is 10.6. The highest BCUT2D eigenvalue weighted by molar-refractivity contribution is 7.98. The molecule has 2 N–H and O–H groups in total. The van der Waals surface area contributed by atoms with Crippen LogP contribution in [0.5, 0.6) is 0 Å². The fourth-order valence-corrected chi connectivity index (χ4v) is 1.11. The lowest BCUT2D eigenvalue weighted by molar-refractivity contribution is 0.204. The van der Waals surface area contributed by atoms with Crippen LogP contribution >= 0.6 is 24.0 Å². The van der Waals surface area contributed by atoms with Gasteiger partial charge in [0.2, 0.25) is 0 Å². The summed E-state index contributed by atoms with van der Waals surface area (Å²) in [6.07, 6.45) is 2.07. The first-order chi connectivity index (χ1) is 5.81. The van der Waals surface area contributed by atoms with Gasteiger partial charge in [-0.3, -0.25) is 0 Å². The average Bonchev–Trinajstić information content (AvgIpc) is 2.06. The number of thioether (sulfide) groups is 1. The first kappa shape index (κ1) is 12.0. The second-order valence-corrected chi connectivity index (χ2v) is 3.56. The molecule has 0 radical (unpaired) electrons. The summed E-state index contributed by atoms with van der Waals surface area (Å²) in [5, 5.41) is 6.82. The van der Waals surface area contributed by atoms with Gasteiger partial charge in [0, 0.05) is 26.0 Å². The minimum Gasteiger partial charge on any atom is -0.383 e. The van der Waals surface area contributed by atoms with Crippen LogP contribution in [0.4, 0.5) is 0 Å². The molecule has 0 aliphatic heterocycles. The average molecular weight is 208 g/mol. The number of hydrogen-bond donors (Lipinski definition) is 2. The van der Waals surface area contributed by atoms with E-state index in [2.05, 4.69) is 16.9 Å². The molecule has 12 heavy (non-hydrogen) atoms. The molecule has 0 bridgehead atoms. The van der Waals surface area contributed by atoms with Crippen LogP contribution in [-0.2, 0) is 4.74 Å². The fourth-order valence-electron chi connectivity index (χ4n) is 0.596. The van der Waals surface area contributed by atoms with Gasteiger partial charge in [-0.15, -0.1) is 0 Å². The molecule has 0 aromatic carbocycles. The zero-order chi connectivity index (χ0) is 9.23. The SMILES string of the molecule is COCCNC(=S)NCCSC. The van der Waals surface area contributed by atoms with E-state index < -0.39 is 0 Å². The summed E-state index contributed by atoms with van der Waals surface area (Å²) in [5.74, 6) is 1.08. The van der Waals surface area contributed by atoms with E-state index in [0.717, 1.165) is 18.8 Å². The van der Waals surface area contributed by atoms with E-state index in [1.807, 2.05) is 0 Å². The van der Waals surface area contributed by atoms with Gasteiger partial charge in [-0.05, 0) is 18.5 Å². The highest BCUT2D eigenvalue weighted by Crippen LogP contribution is 1.86. The Balaban J connectivity index is 3.10. The Kier molecular flexibility index (Phi) is 9.09. The molecule has 3 nitrogen and oxygen atoms in total. The highest BCUT2D eigenvalue weighted by atomic mass is 32.2. The van der Waals surface area contributed by atoms with E-state index in [4.69, 9.17) is 17.0 Å². The summed E-state index contributed by atoms with van der Waals surface area (Å²) in [7, 11) is 1.67. The number of thiocarbonyl (C=S) groups is 1. The van der Waals surface area contributed by atoms with Crippen LogP contribution in [0.3, 0.4) is 0 Å². The maximum Gasteiger partial charge on any atom is 0.166 e. The standard InChI is InChI=1S/C7H16N2OS2/c1-10-5-3-8-7(11)9-4-6-12-2/h3-6H2,1-2H3,(H2,8,9,11). The van der Waals surface area contributed by atoms with Gasteiger partial charge in [0.05, 0.1) is 6.61 Å². The summed E-state index contributed by atoms with van der Waals surface area (Å²) in [4.78, 5) is 0. The van der Waals surface area contributed by atoms with Crippen molar-refractivity contribution in [1.82, 2.24) is 10.6 Å². The Bertz CT molecular complexity index is 110. The molecule has 0 saturated carbocycles. The Hall–Kier alpha value is 0. The summed E-state index contributed by atoms with van der Waals surface area (Å²) in [6.45, 7) is 2.37. The predicted octanol–water partition coefficient (Wildman–Crippen LogP) is 0.460. The highest BCUT2D eigenvalue weighted by Gasteiger charge is 1.91. The Morgan fingerprint density at radius 1 is 1.42 bits per heavy atom. The molecular weight excluding hydrogens is 192 g/mol. The molecule has 5 heteroatoms. The lowest BCUT2D eigenvalue weighted by Gasteiger charge is -2.08. The fraction of sp³-hybridized carbons (Fsp3) is 0.857. The first-order valence-electron chi connectivity index (χ1n) is 3.81. The second-order valence-electron chi connectivity index (χ2n) is 2.17. The molecule has 0 amide bonds. The van der Waals surface area contributed by atoms with E-state index >= 15 is 0 Å². The quantitative estimate of drug-likeness (QED) is 0.489. The molecular formula is C7H16N2OS2. The molecule has 0 aliphatic carbocycles. The molecule has 72 valence electrons. The van der Waals surface area contributed by atoms with Gasteiger partial charge in [-0.25, -0.2) is 0 Å². The molecule has 0 rings (SSSR count). The second kappa shape index (κ2) is 9.09. The number of methoxy groups -OCH3 is 1. The molecule has 0 fully saturated rings. The van der Waals surface area contributed by atoms with Crippen LogP contribution in [0.2, 0.25) is 0 Å². The molecule has 0 aliphatic rings.